The molecule has 2 amide bonds. The van der Waals surface area contributed by atoms with Gasteiger partial charge in [0.25, 0.3) is 0 Å². The number of hydrogen-bond acceptors (Lipinski definition) is 4. The molecule has 0 aliphatic carbocycles. The number of amides is 2. The highest BCUT2D eigenvalue weighted by molar-refractivity contribution is 5.74. The smallest absolute Gasteiger partial charge is 0.317 e. The van der Waals surface area contributed by atoms with Gasteiger partial charge in [0.2, 0.25) is 0 Å². The summed E-state index contributed by atoms with van der Waals surface area (Å²) in [6.07, 6.45) is 3.71. The molecular formula is C19H29N3O3. The molecule has 0 aromatic heterocycles. The van der Waals surface area contributed by atoms with Crippen molar-refractivity contribution in [2.75, 3.05) is 53.0 Å². The van der Waals surface area contributed by atoms with Crippen LogP contribution in [0.1, 0.15) is 30.9 Å². The fraction of sp³-hybridized carbons (Fsp3) is 0.632. The third-order valence-electron chi connectivity index (χ3n) is 5.07. The highest BCUT2D eigenvalue weighted by Crippen LogP contribution is 2.30. The van der Waals surface area contributed by atoms with E-state index in [1.165, 1.54) is 19.3 Å². The van der Waals surface area contributed by atoms with E-state index in [0.717, 1.165) is 24.4 Å². The number of carbonyl (C=O) groups excluding carboxylic acids is 1. The Bertz CT molecular complexity index is 555. The zero-order valence-corrected chi connectivity index (χ0v) is 15.1. The highest BCUT2D eigenvalue weighted by atomic mass is 16.5. The lowest BCUT2D eigenvalue weighted by molar-refractivity contribution is 0.0524. The second kappa shape index (κ2) is 9.06. The van der Waals surface area contributed by atoms with Crippen LogP contribution in [-0.2, 0) is 4.74 Å². The monoisotopic (exact) mass is 347 g/mol. The number of hydrogen-bond donors (Lipinski definition) is 1. The van der Waals surface area contributed by atoms with Crippen molar-refractivity contribution in [1.29, 1.82) is 0 Å². The molecule has 2 aliphatic rings. The Kier molecular flexibility index (Phi) is 6.53. The molecule has 1 aromatic carbocycles. The van der Waals surface area contributed by atoms with Gasteiger partial charge < -0.3 is 19.7 Å². The molecule has 1 atom stereocenters. The van der Waals surface area contributed by atoms with Gasteiger partial charge in [0.15, 0.2) is 0 Å². The Morgan fingerprint density at radius 2 is 1.88 bits per heavy atom. The van der Waals surface area contributed by atoms with Gasteiger partial charge in [-0.1, -0.05) is 24.6 Å². The first-order valence-corrected chi connectivity index (χ1v) is 9.27. The molecule has 0 spiro atoms. The summed E-state index contributed by atoms with van der Waals surface area (Å²) in [5.74, 6) is 0.888. The second-order valence-corrected chi connectivity index (χ2v) is 6.64. The molecule has 25 heavy (non-hydrogen) atoms. The molecule has 2 fully saturated rings. The number of morpholine rings is 1. The summed E-state index contributed by atoms with van der Waals surface area (Å²) < 4.78 is 10.9. The van der Waals surface area contributed by atoms with Crippen molar-refractivity contribution in [3.05, 3.63) is 29.8 Å². The first-order valence-electron chi connectivity index (χ1n) is 9.27. The molecule has 0 radical (unpaired) electrons. The van der Waals surface area contributed by atoms with Crippen molar-refractivity contribution in [1.82, 2.24) is 15.1 Å². The third-order valence-corrected chi connectivity index (χ3v) is 5.07. The second-order valence-electron chi connectivity index (χ2n) is 6.64. The van der Waals surface area contributed by atoms with Crippen LogP contribution in [0, 0.1) is 0 Å². The predicted molar refractivity (Wildman–Crippen MR) is 96.9 cm³/mol. The number of urea groups is 1. The number of para-hydroxylation sites is 1. The molecule has 2 aliphatic heterocycles. The van der Waals surface area contributed by atoms with Crippen molar-refractivity contribution in [2.24, 2.45) is 0 Å². The van der Waals surface area contributed by atoms with Crippen LogP contribution in [0.2, 0.25) is 0 Å². The van der Waals surface area contributed by atoms with Crippen molar-refractivity contribution in [2.45, 2.75) is 25.3 Å². The van der Waals surface area contributed by atoms with Crippen LogP contribution >= 0.6 is 0 Å². The summed E-state index contributed by atoms with van der Waals surface area (Å²) >= 11 is 0. The Morgan fingerprint density at radius 1 is 1.16 bits per heavy atom. The van der Waals surface area contributed by atoms with E-state index in [1.54, 1.807) is 7.11 Å². The lowest BCUT2D eigenvalue weighted by Gasteiger charge is -2.36. The third kappa shape index (κ3) is 4.64. The van der Waals surface area contributed by atoms with Crippen LogP contribution in [0.15, 0.2) is 24.3 Å². The molecule has 3 rings (SSSR count). The quantitative estimate of drug-likeness (QED) is 0.888. The van der Waals surface area contributed by atoms with Crippen LogP contribution in [0.3, 0.4) is 0 Å². The minimum atomic E-state index is 0.000192. The number of nitrogens with zero attached hydrogens (tertiary/aromatic N) is 2. The van der Waals surface area contributed by atoms with Gasteiger partial charge in [-0.25, -0.2) is 4.79 Å². The van der Waals surface area contributed by atoms with Crippen molar-refractivity contribution < 1.29 is 14.3 Å². The van der Waals surface area contributed by atoms with Crippen molar-refractivity contribution >= 4 is 6.03 Å². The van der Waals surface area contributed by atoms with Crippen LogP contribution in [0.4, 0.5) is 4.79 Å². The molecule has 6 nitrogen and oxygen atoms in total. The number of carbonyl (C=O) groups is 1. The summed E-state index contributed by atoms with van der Waals surface area (Å²) in [6, 6.07) is 8.27. The number of likely N-dealkylation sites (tertiary alicyclic amines) is 1. The summed E-state index contributed by atoms with van der Waals surface area (Å²) in [6.45, 7) is 5.29. The lowest BCUT2D eigenvalue weighted by atomic mass is 10.0. The van der Waals surface area contributed by atoms with Gasteiger partial charge in [-0.2, -0.15) is 0 Å². The average molecular weight is 347 g/mol. The molecule has 0 bridgehead atoms. The molecule has 1 aromatic rings. The zero-order valence-electron chi connectivity index (χ0n) is 15.1. The molecular weight excluding hydrogens is 318 g/mol. The summed E-state index contributed by atoms with van der Waals surface area (Å²) in [7, 11) is 1.71. The van der Waals surface area contributed by atoms with E-state index in [0.29, 0.717) is 32.8 Å². The van der Waals surface area contributed by atoms with Crippen LogP contribution in [0.25, 0.3) is 0 Å². The van der Waals surface area contributed by atoms with Gasteiger partial charge in [0, 0.05) is 25.2 Å². The SMILES string of the molecule is COc1ccccc1C(CNC(=O)N1CCOCC1)N1CCCCC1. The van der Waals surface area contributed by atoms with Gasteiger partial charge in [-0.05, 0) is 32.0 Å². The normalized spacial score (nSPS) is 20.1. The summed E-state index contributed by atoms with van der Waals surface area (Å²) in [4.78, 5) is 16.8. The number of piperidine rings is 1. The first-order chi connectivity index (χ1) is 12.3. The maximum atomic E-state index is 12.5. The van der Waals surface area contributed by atoms with E-state index in [4.69, 9.17) is 9.47 Å². The molecule has 138 valence electrons. The Hall–Kier alpha value is -1.79. The molecule has 6 heteroatoms. The minimum absolute atomic E-state index is 0.000192. The predicted octanol–water partition coefficient (Wildman–Crippen LogP) is 2.26. The molecule has 1 N–H and O–H groups in total. The highest BCUT2D eigenvalue weighted by Gasteiger charge is 2.26. The maximum Gasteiger partial charge on any atom is 0.317 e. The van der Waals surface area contributed by atoms with Crippen molar-refractivity contribution in [3.63, 3.8) is 0 Å². The van der Waals surface area contributed by atoms with E-state index in [1.807, 2.05) is 23.1 Å². The van der Waals surface area contributed by atoms with Gasteiger partial charge in [0.1, 0.15) is 5.75 Å². The van der Waals surface area contributed by atoms with E-state index in [9.17, 15) is 4.79 Å². The number of nitrogens with one attached hydrogen (secondary N) is 1. The fourth-order valence-corrected chi connectivity index (χ4v) is 3.67. The van der Waals surface area contributed by atoms with Gasteiger partial charge in [-0.15, -0.1) is 0 Å². The maximum absolute atomic E-state index is 12.5. The summed E-state index contributed by atoms with van der Waals surface area (Å²) in [5, 5.41) is 3.13. The number of methoxy groups -OCH3 is 1. The molecule has 2 saturated heterocycles. The first kappa shape index (κ1) is 18.0. The topological polar surface area (TPSA) is 54.0 Å². The Labute approximate surface area is 150 Å². The zero-order chi connectivity index (χ0) is 17.5. The summed E-state index contributed by atoms with van der Waals surface area (Å²) in [5.41, 5.74) is 1.15. The van der Waals surface area contributed by atoms with Gasteiger partial charge in [0.05, 0.1) is 26.4 Å². The number of rotatable bonds is 5. The van der Waals surface area contributed by atoms with Crippen molar-refractivity contribution in [3.8, 4) is 5.75 Å². The van der Waals surface area contributed by atoms with Gasteiger partial charge >= 0.3 is 6.03 Å². The molecule has 1 unspecified atom stereocenters. The largest absolute Gasteiger partial charge is 0.496 e. The average Bonchev–Trinajstić information content (AvgIpc) is 2.70. The van der Waals surface area contributed by atoms with E-state index in [-0.39, 0.29) is 12.1 Å². The standard InChI is InChI=1S/C19H29N3O3/c1-24-18-8-4-3-7-16(18)17(21-9-5-2-6-10-21)15-20-19(23)22-11-13-25-14-12-22/h3-4,7-8,17H,2,5-6,9-15H2,1H3,(H,20,23). The van der Waals surface area contributed by atoms with Gasteiger partial charge in [-0.3, -0.25) is 4.90 Å². The lowest BCUT2D eigenvalue weighted by Crippen LogP contribution is -2.48. The van der Waals surface area contributed by atoms with E-state index in [2.05, 4.69) is 16.3 Å². The van der Waals surface area contributed by atoms with E-state index >= 15 is 0 Å². The minimum Gasteiger partial charge on any atom is -0.496 e. The fourth-order valence-electron chi connectivity index (χ4n) is 3.67. The Balaban J connectivity index is 1.70. The van der Waals surface area contributed by atoms with Crippen LogP contribution in [-0.4, -0.2) is 68.9 Å². The number of benzene rings is 1. The molecule has 2 heterocycles. The van der Waals surface area contributed by atoms with Crippen LogP contribution < -0.4 is 10.1 Å². The molecule has 0 saturated carbocycles. The van der Waals surface area contributed by atoms with Crippen LogP contribution in [0.5, 0.6) is 5.75 Å². The Morgan fingerprint density at radius 3 is 2.60 bits per heavy atom. The van der Waals surface area contributed by atoms with E-state index < -0.39 is 0 Å². The number of ether oxygens (including phenoxy) is 2.